The molecule has 4 heteroatoms. The molecule has 0 heterocycles. The maximum atomic E-state index is 11.8. The van der Waals surface area contributed by atoms with E-state index in [0.717, 1.165) is 18.4 Å². The maximum Gasteiger partial charge on any atom is 0.338 e. The van der Waals surface area contributed by atoms with Gasteiger partial charge in [-0.3, -0.25) is 4.90 Å². The van der Waals surface area contributed by atoms with Crippen LogP contribution in [0.5, 0.6) is 0 Å². The lowest BCUT2D eigenvalue weighted by Gasteiger charge is -2.26. The molecule has 0 saturated heterocycles. The van der Waals surface area contributed by atoms with E-state index in [0.29, 0.717) is 24.7 Å². The van der Waals surface area contributed by atoms with Crippen LogP contribution in [0.3, 0.4) is 0 Å². The second-order valence-corrected chi connectivity index (χ2v) is 5.15. The van der Waals surface area contributed by atoms with Crippen molar-refractivity contribution in [3.05, 3.63) is 35.4 Å². The molecule has 20 heavy (non-hydrogen) atoms. The van der Waals surface area contributed by atoms with Crippen LogP contribution in [0.2, 0.25) is 0 Å². The van der Waals surface area contributed by atoms with Gasteiger partial charge in [-0.25, -0.2) is 4.79 Å². The summed E-state index contributed by atoms with van der Waals surface area (Å²) in [4.78, 5) is 14.0. The highest BCUT2D eigenvalue weighted by Crippen LogP contribution is 2.25. The van der Waals surface area contributed by atoms with Crippen molar-refractivity contribution < 1.29 is 9.53 Å². The van der Waals surface area contributed by atoms with E-state index in [1.165, 1.54) is 20.0 Å². The fourth-order valence-electron chi connectivity index (χ4n) is 2.86. The van der Waals surface area contributed by atoms with Gasteiger partial charge < -0.3 is 4.74 Å². The van der Waals surface area contributed by atoms with Crippen molar-refractivity contribution >= 4 is 5.97 Å². The molecule has 4 nitrogen and oxygen atoms in total. The Morgan fingerprint density at radius 1 is 1.40 bits per heavy atom. The second kappa shape index (κ2) is 7.06. The van der Waals surface area contributed by atoms with E-state index in [-0.39, 0.29) is 5.97 Å². The zero-order valence-corrected chi connectivity index (χ0v) is 11.8. The summed E-state index contributed by atoms with van der Waals surface area (Å²) in [5.41, 5.74) is 1.53. The Balaban J connectivity index is 2.18. The average Bonchev–Trinajstić information content (AvgIpc) is 3.00. The van der Waals surface area contributed by atoms with Crippen LogP contribution in [-0.2, 0) is 11.3 Å². The van der Waals surface area contributed by atoms with Crippen molar-refractivity contribution in [3.63, 3.8) is 0 Å². The number of carbonyl (C=O) groups excluding carboxylic acids is 1. The van der Waals surface area contributed by atoms with Gasteiger partial charge in [-0.15, -0.1) is 0 Å². The van der Waals surface area contributed by atoms with Gasteiger partial charge in [-0.05, 0) is 24.5 Å². The Hall–Kier alpha value is -1.86. The molecule has 1 aromatic rings. The Labute approximate surface area is 120 Å². The predicted octanol–water partition coefficient (Wildman–Crippen LogP) is 2.74. The van der Waals surface area contributed by atoms with Gasteiger partial charge in [-0.2, -0.15) is 5.26 Å². The van der Waals surface area contributed by atoms with Crippen LogP contribution in [0.15, 0.2) is 24.3 Å². The quantitative estimate of drug-likeness (QED) is 0.611. The summed E-state index contributed by atoms with van der Waals surface area (Å²) in [7, 11) is 1.39. The van der Waals surface area contributed by atoms with E-state index in [1.807, 2.05) is 18.2 Å². The van der Waals surface area contributed by atoms with Crippen LogP contribution in [0, 0.1) is 11.3 Å². The lowest BCUT2D eigenvalue weighted by Crippen LogP contribution is -2.33. The number of hydrogen-bond donors (Lipinski definition) is 0. The van der Waals surface area contributed by atoms with Crippen LogP contribution in [0.1, 0.15) is 41.6 Å². The number of nitrogens with zero attached hydrogens (tertiary/aromatic N) is 2. The van der Waals surface area contributed by atoms with Crippen LogP contribution in [0.4, 0.5) is 0 Å². The molecular weight excluding hydrogens is 252 g/mol. The first-order valence-electron chi connectivity index (χ1n) is 7.03. The number of carbonyl (C=O) groups is 1. The first kappa shape index (κ1) is 14.5. The molecule has 0 spiro atoms. The average molecular weight is 272 g/mol. The fourth-order valence-corrected chi connectivity index (χ4v) is 2.86. The summed E-state index contributed by atoms with van der Waals surface area (Å²) < 4.78 is 4.82. The standard InChI is InChI=1S/C16H20N2O2/c1-20-16(19)15-9-5-2-6-13(15)12-18(11-10-17)14-7-3-4-8-14/h2,5-6,9,14H,3-4,7-8,11-12H2,1H3. The molecule has 106 valence electrons. The van der Waals surface area contributed by atoms with Crippen LogP contribution >= 0.6 is 0 Å². The van der Waals surface area contributed by atoms with Gasteiger partial charge in [0.05, 0.1) is 25.3 Å². The van der Waals surface area contributed by atoms with E-state index >= 15 is 0 Å². The lowest BCUT2D eigenvalue weighted by molar-refractivity contribution is 0.0597. The van der Waals surface area contributed by atoms with Gasteiger partial charge in [0.1, 0.15) is 0 Å². The van der Waals surface area contributed by atoms with E-state index in [9.17, 15) is 4.79 Å². The topological polar surface area (TPSA) is 53.3 Å². The zero-order valence-electron chi connectivity index (χ0n) is 11.8. The van der Waals surface area contributed by atoms with E-state index in [4.69, 9.17) is 10.00 Å². The predicted molar refractivity (Wildman–Crippen MR) is 76.1 cm³/mol. The molecule has 0 radical (unpaired) electrons. The minimum atomic E-state index is -0.316. The Morgan fingerprint density at radius 3 is 2.75 bits per heavy atom. The number of hydrogen-bond acceptors (Lipinski definition) is 4. The molecule has 1 aromatic carbocycles. The van der Waals surface area contributed by atoms with Crippen molar-refractivity contribution in [2.45, 2.75) is 38.3 Å². The summed E-state index contributed by atoms with van der Waals surface area (Å²) in [5, 5.41) is 9.02. The molecule has 1 aliphatic rings. The molecule has 1 saturated carbocycles. The third kappa shape index (κ3) is 3.37. The number of benzene rings is 1. The molecule has 1 aliphatic carbocycles. The highest BCUT2D eigenvalue weighted by molar-refractivity contribution is 5.90. The van der Waals surface area contributed by atoms with E-state index in [2.05, 4.69) is 11.0 Å². The highest BCUT2D eigenvalue weighted by Gasteiger charge is 2.23. The summed E-state index contributed by atoms with van der Waals surface area (Å²) >= 11 is 0. The van der Waals surface area contributed by atoms with Crippen molar-refractivity contribution in [3.8, 4) is 6.07 Å². The van der Waals surface area contributed by atoms with Gasteiger partial charge in [0.15, 0.2) is 0 Å². The Morgan fingerprint density at radius 2 is 2.10 bits per heavy atom. The number of esters is 1. The van der Waals surface area contributed by atoms with Crippen molar-refractivity contribution in [1.29, 1.82) is 5.26 Å². The molecule has 0 amide bonds. The van der Waals surface area contributed by atoms with Gasteiger partial charge in [0.2, 0.25) is 0 Å². The number of rotatable bonds is 5. The lowest BCUT2D eigenvalue weighted by atomic mass is 10.1. The molecule has 1 fully saturated rings. The van der Waals surface area contributed by atoms with Crippen LogP contribution < -0.4 is 0 Å². The first-order valence-corrected chi connectivity index (χ1v) is 7.03. The molecule has 0 N–H and O–H groups in total. The van der Waals surface area contributed by atoms with E-state index in [1.54, 1.807) is 6.07 Å². The van der Waals surface area contributed by atoms with E-state index < -0.39 is 0 Å². The van der Waals surface area contributed by atoms with Gasteiger partial charge in [-0.1, -0.05) is 31.0 Å². The Bertz CT molecular complexity index is 501. The second-order valence-electron chi connectivity index (χ2n) is 5.15. The summed E-state index contributed by atoms with van der Waals surface area (Å²) in [6.07, 6.45) is 4.74. The Kier molecular flexibility index (Phi) is 5.14. The largest absolute Gasteiger partial charge is 0.465 e. The third-order valence-electron chi connectivity index (χ3n) is 3.91. The monoisotopic (exact) mass is 272 g/mol. The minimum Gasteiger partial charge on any atom is -0.465 e. The molecule has 0 unspecified atom stereocenters. The van der Waals surface area contributed by atoms with Crippen molar-refractivity contribution in [1.82, 2.24) is 4.90 Å². The fraction of sp³-hybridized carbons (Fsp3) is 0.500. The van der Waals surface area contributed by atoms with Crippen LogP contribution in [0.25, 0.3) is 0 Å². The smallest absolute Gasteiger partial charge is 0.338 e. The van der Waals surface area contributed by atoms with Crippen LogP contribution in [-0.4, -0.2) is 30.6 Å². The van der Waals surface area contributed by atoms with Gasteiger partial charge >= 0.3 is 5.97 Å². The number of methoxy groups -OCH3 is 1. The molecule has 2 rings (SSSR count). The highest BCUT2D eigenvalue weighted by atomic mass is 16.5. The van der Waals surface area contributed by atoms with Crippen molar-refractivity contribution in [2.75, 3.05) is 13.7 Å². The maximum absolute atomic E-state index is 11.8. The molecular formula is C16H20N2O2. The van der Waals surface area contributed by atoms with Crippen molar-refractivity contribution in [2.24, 2.45) is 0 Å². The summed E-state index contributed by atoms with van der Waals surface area (Å²) in [6.45, 7) is 1.03. The molecule has 0 aliphatic heterocycles. The summed E-state index contributed by atoms with van der Waals surface area (Å²) in [6, 6.07) is 10.2. The van der Waals surface area contributed by atoms with Gasteiger partial charge in [0.25, 0.3) is 0 Å². The molecule has 0 bridgehead atoms. The first-order chi connectivity index (χ1) is 9.76. The third-order valence-corrected chi connectivity index (χ3v) is 3.91. The molecule has 0 atom stereocenters. The van der Waals surface area contributed by atoms with Gasteiger partial charge in [0, 0.05) is 12.6 Å². The zero-order chi connectivity index (χ0) is 14.4. The summed E-state index contributed by atoms with van der Waals surface area (Å²) in [5.74, 6) is -0.316. The normalized spacial score (nSPS) is 15.2. The SMILES string of the molecule is COC(=O)c1ccccc1CN(CC#N)C1CCCC1. The number of nitriles is 1. The number of ether oxygens (including phenoxy) is 1. The minimum absolute atomic E-state index is 0.316. The molecule has 0 aromatic heterocycles.